The molecular formula is C71H32N12. The van der Waals surface area contributed by atoms with Gasteiger partial charge >= 0.3 is 0 Å². The van der Waals surface area contributed by atoms with Gasteiger partial charge in [-0.1, -0.05) is 60.7 Å². The third-order valence-electron chi connectivity index (χ3n) is 15.0. The van der Waals surface area contributed by atoms with E-state index in [0.717, 1.165) is 49.2 Å². The van der Waals surface area contributed by atoms with Crippen molar-refractivity contribution in [2.24, 2.45) is 0 Å². The minimum atomic E-state index is 0.291. The normalized spacial score (nSPS) is 10.6. The topological polar surface area (TPSA) is 189 Å². The molecule has 0 bridgehead atoms. The second-order valence-electron chi connectivity index (χ2n) is 19.6. The first kappa shape index (κ1) is 50.5. The van der Waals surface area contributed by atoms with Gasteiger partial charge in [-0.15, -0.1) is 0 Å². The highest BCUT2D eigenvalue weighted by Crippen LogP contribution is 2.47. The van der Waals surface area contributed by atoms with Crippen LogP contribution in [0.1, 0.15) is 44.5 Å². The Morgan fingerprint density at radius 3 is 1.14 bits per heavy atom. The van der Waals surface area contributed by atoms with Crippen molar-refractivity contribution in [2.45, 2.75) is 6.92 Å². The molecule has 0 fully saturated rings. The molecule has 0 atom stereocenters. The van der Waals surface area contributed by atoms with Gasteiger partial charge in [0, 0.05) is 32.7 Å². The third kappa shape index (κ3) is 8.40. The fourth-order valence-electron chi connectivity index (χ4n) is 11.3. The first-order valence-electron chi connectivity index (χ1n) is 25.5. The fourth-order valence-corrected chi connectivity index (χ4v) is 11.3. The van der Waals surface area contributed by atoms with Gasteiger partial charge in [0.15, 0.2) is 17.1 Å². The Balaban J connectivity index is 1.23. The van der Waals surface area contributed by atoms with Gasteiger partial charge in [0.1, 0.15) is 0 Å². The molecule has 10 aromatic carbocycles. The molecule has 2 heterocycles. The van der Waals surface area contributed by atoms with Crippen LogP contribution in [0.3, 0.4) is 0 Å². The monoisotopic (exact) mass is 1050 g/mol. The Labute approximate surface area is 475 Å². The van der Waals surface area contributed by atoms with Crippen molar-refractivity contribution >= 4 is 60.7 Å². The maximum Gasteiger partial charge on any atom is 0.197 e. The van der Waals surface area contributed by atoms with Crippen molar-refractivity contribution in [2.75, 3.05) is 0 Å². The van der Waals surface area contributed by atoms with Crippen LogP contribution in [0.4, 0.5) is 17.1 Å². The van der Waals surface area contributed by atoms with E-state index in [9.17, 15) is 36.8 Å². The Morgan fingerprint density at radius 2 is 0.711 bits per heavy atom. The van der Waals surface area contributed by atoms with Gasteiger partial charge in [-0.25, -0.2) is 14.5 Å². The predicted molar refractivity (Wildman–Crippen MR) is 319 cm³/mol. The Bertz CT molecular complexity index is 5100. The van der Waals surface area contributed by atoms with Gasteiger partial charge in [-0.3, -0.25) is 0 Å². The summed E-state index contributed by atoms with van der Waals surface area (Å²) in [4.78, 5) is 11.6. The molecule has 0 aliphatic heterocycles. The summed E-state index contributed by atoms with van der Waals surface area (Å²) in [6.45, 7) is 26.5. The molecule has 2 aromatic heterocycles. The van der Waals surface area contributed by atoms with E-state index in [2.05, 4.69) is 66.2 Å². The number of aryl methyl sites for hydroxylation is 1. The van der Waals surface area contributed by atoms with E-state index < -0.39 is 0 Å². The highest BCUT2D eigenvalue weighted by atomic mass is 15.1. The summed E-state index contributed by atoms with van der Waals surface area (Å²) < 4.78 is 4.22. The summed E-state index contributed by atoms with van der Waals surface area (Å²) in [5.41, 5.74) is 14.7. The quantitative estimate of drug-likeness (QED) is 0.142. The number of hydrogen-bond acceptors (Lipinski definition) is 7. The van der Waals surface area contributed by atoms with Crippen LogP contribution in [-0.2, 0) is 0 Å². The number of rotatable bonds is 7. The van der Waals surface area contributed by atoms with Crippen molar-refractivity contribution in [1.29, 1.82) is 36.8 Å². The van der Waals surface area contributed by atoms with E-state index in [-0.39, 0.29) is 0 Å². The van der Waals surface area contributed by atoms with Crippen LogP contribution in [0.5, 0.6) is 0 Å². The highest BCUT2D eigenvalue weighted by molar-refractivity contribution is 6.15. The molecule has 0 saturated heterocycles. The SMILES string of the molecule is [C-]#[N+]c1ccc(-c2ccc3c(c2)c2cc(-c4ccc(C#N)cc4[N+]#[C-])ccc2n3-c2cc([N+]#[C-])c(-c3cc(C)cc(C#N)c3)cc2-n2c3ccc(-c4ccc(C#N)cc4C#N)cc3c3cc(-c4ccc(C#N)cc4C#N)ccc32)c(C#N)c1. The molecule has 83 heavy (non-hydrogen) atoms. The summed E-state index contributed by atoms with van der Waals surface area (Å²) in [5, 5.41) is 73.8. The number of aromatic nitrogens is 2. The van der Waals surface area contributed by atoms with Crippen LogP contribution < -0.4 is 0 Å². The summed E-state index contributed by atoms with van der Waals surface area (Å²) in [5.74, 6) is 0. The van der Waals surface area contributed by atoms with Crippen LogP contribution in [0, 0.1) is 106 Å². The molecule has 0 radical (unpaired) electrons. The molecule has 376 valence electrons. The lowest BCUT2D eigenvalue weighted by Gasteiger charge is -2.20. The van der Waals surface area contributed by atoms with Crippen LogP contribution in [-0.4, -0.2) is 9.13 Å². The molecule has 12 rings (SSSR count). The van der Waals surface area contributed by atoms with Crippen molar-refractivity contribution in [3.8, 4) is 109 Å². The van der Waals surface area contributed by atoms with E-state index in [0.29, 0.717) is 123 Å². The van der Waals surface area contributed by atoms with Gasteiger partial charge in [0.25, 0.3) is 0 Å². The van der Waals surface area contributed by atoms with Crippen LogP contribution in [0.15, 0.2) is 176 Å². The Morgan fingerprint density at radius 1 is 0.313 bits per heavy atom. The molecule has 0 saturated carbocycles. The van der Waals surface area contributed by atoms with Gasteiger partial charge in [0.2, 0.25) is 0 Å². The molecule has 0 N–H and O–H groups in total. The number of nitriles is 7. The molecule has 12 heteroatoms. The van der Waals surface area contributed by atoms with Gasteiger partial charge in [-0.05, 0) is 183 Å². The van der Waals surface area contributed by atoms with Crippen LogP contribution >= 0.6 is 0 Å². The lowest BCUT2D eigenvalue weighted by Crippen LogP contribution is -2.04. The first-order chi connectivity index (χ1) is 40.5. The van der Waals surface area contributed by atoms with E-state index in [1.165, 1.54) is 0 Å². The summed E-state index contributed by atoms with van der Waals surface area (Å²) >= 11 is 0. The molecule has 0 unspecified atom stereocenters. The lowest BCUT2D eigenvalue weighted by molar-refractivity contribution is 1.10. The fraction of sp³-hybridized carbons (Fsp3) is 0.0141. The molecule has 0 aliphatic carbocycles. The van der Waals surface area contributed by atoms with E-state index in [1.54, 1.807) is 84.9 Å². The standard InChI is InChI=1S/C71H32N12/c1-41-21-45(37-75)25-50(22-41)59-32-70(82-66-17-8-46(55-13-5-42(34-72)23-51(55)38-76)28-60(66)61-29-47(9-18-67(61)82)56-14-6-43(35-73)24-52(56)39-77)71(33-65(59)81-4)83-68-19-10-48(57-16-12-54(79-2)27-53(57)40-78)30-62(68)63-31-49(11-20-69(63)83)58-15-7-44(36-74)26-64(58)80-3/h5-33H,1H3. The largest absolute Gasteiger partial charge is 0.308 e. The van der Waals surface area contributed by atoms with Gasteiger partial charge in [-0.2, -0.15) is 36.8 Å². The molecular weight excluding hydrogens is 1020 g/mol. The Kier molecular flexibility index (Phi) is 12.3. The zero-order valence-electron chi connectivity index (χ0n) is 43.6. The first-order valence-corrected chi connectivity index (χ1v) is 25.5. The highest BCUT2D eigenvalue weighted by Gasteiger charge is 2.25. The minimum absolute atomic E-state index is 0.291. The smallest absolute Gasteiger partial charge is 0.197 e. The Hall–Kier alpha value is -13.3. The average molecular weight is 1050 g/mol. The second kappa shape index (κ2) is 20.2. The van der Waals surface area contributed by atoms with Gasteiger partial charge < -0.3 is 9.13 Å². The van der Waals surface area contributed by atoms with Crippen LogP contribution in [0.2, 0.25) is 0 Å². The summed E-state index contributed by atoms with van der Waals surface area (Å²) in [6.07, 6.45) is 0. The maximum atomic E-state index is 10.4. The summed E-state index contributed by atoms with van der Waals surface area (Å²) in [7, 11) is 0. The second-order valence-corrected chi connectivity index (χ2v) is 19.6. The summed E-state index contributed by atoms with van der Waals surface area (Å²) in [6, 6.07) is 68.4. The molecule has 12 aromatic rings. The van der Waals surface area contributed by atoms with Gasteiger partial charge in [0.05, 0.1) is 123 Å². The van der Waals surface area contributed by atoms with Crippen LogP contribution in [0.25, 0.3) is 125 Å². The maximum absolute atomic E-state index is 10.4. The zero-order chi connectivity index (χ0) is 57.6. The number of fused-ring (bicyclic) bond motifs is 6. The van der Waals surface area contributed by atoms with E-state index in [1.807, 2.05) is 97.9 Å². The zero-order valence-corrected chi connectivity index (χ0v) is 43.6. The van der Waals surface area contributed by atoms with Crippen molar-refractivity contribution in [1.82, 2.24) is 9.13 Å². The van der Waals surface area contributed by atoms with Crippen molar-refractivity contribution in [3.63, 3.8) is 0 Å². The predicted octanol–water partition coefficient (Wildman–Crippen LogP) is 17.3. The molecule has 0 aliphatic rings. The number of nitrogens with zero attached hydrogens (tertiary/aromatic N) is 12. The third-order valence-corrected chi connectivity index (χ3v) is 15.0. The van der Waals surface area contributed by atoms with Crippen molar-refractivity contribution < 1.29 is 0 Å². The minimum Gasteiger partial charge on any atom is -0.308 e. The van der Waals surface area contributed by atoms with Crippen molar-refractivity contribution in [3.05, 3.63) is 255 Å². The molecule has 12 nitrogen and oxygen atoms in total. The number of hydrogen-bond donors (Lipinski definition) is 0. The molecule has 0 amide bonds. The average Bonchev–Trinajstić information content (AvgIpc) is 1.93. The van der Waals surface area contributed by atoms with E-state index in [4.69, 9.17) is 19.7 Å². The number of benzene rings is 10. The lowest BCUT2D eigenvalue weighted by atomic mass is 9.95. The molecule has 0 spiro atoms. The van der Waals surface area contributed by atoms with E-state index >= 15 is 0 Å².